The average molecular weight is 353 g/mol. The quantitative estimate of drug-likeness (QED) is 0.722. The molecule has 1 atom stereocenters. The number of aromatic nitrogens is 2. The van der Waals surface area contributed by atoms with Gasteiger partial charge in [-0.15, -0.1) is 0 Å². The normalized spacial score (nSPS) is 19.1. The highest BCUT2D eigenvalue weighted by Crippen LogP contribution is 2.36. The molecule has 1 aromatic carbocycles. The lowest BCUT2D eigenvalue weighted by molar-refractivity contribution is 0.256. The summed E-state index contributed by atoms with van der Waals surface area (Å²) in [7, 11) is -3.61. The van der Waals surface area contributed by atoms with Crippen LogP contribution in [0.3, 0.4) is 0 Å². The Labute approximate surface area is 147 Å². The maximum Gasteiger partial charge on any atom is 0.244 e. The standard InChI is InChI=1S/C19H19N3O2S/c23-25(24,19-8-3-5-15-13-21-11-9-17(15)19)22-12-2-1-7-18(22)16-6-4-10-20-14-16/h3-6,8-11,13-14,18H,1-2,7,12H2. The smallest absolute Gasteiger partial charge is 0.244 e. The molecular formula is C19H19N3O2S. The van der Waals surface area contributed by atoms with Crippen LogP contribution >= 0.6 is 0 Å². The van der Waals surface area contributed by atoms with E-state index >= 15 is 0 Å². The van der Waals surface area contributed by atoms with Crippen molar-refractivity contribution in [1.29, 1.82) is 0 Å². The van der Waals surface area contributed by atoms with E-state index in [0.717, 1.165) is 30.2 Å². The molecule has 128 valence electrons. The van der Waals surface area contributed by atoms with E-state index in [2.05, 4.69) is 9.97 Å². The van der Waals surface area contributed by atoms with E-state index in [0.29, 0.717) is 16.8 Å². The molecule has 0 N–H and O–H groups in total. The summed E-state index contributed by atoms with van der Waals surface area (Å²) in [6.07, 6.45) is 9.53. The van der Waals surface area contributed by atoms with Crippen molar-refractivity contribution in [3.8, 4) is 0 Å². The zero-order valence-electron chi connectivity index (χ0n) is 13.7. The Morgan fingerprint density at radius 3 is 2.68 bits per heavy atom. The number of hydrogen-bond donors (Lipinski definition) is 0. The lowest BCUT2D eigenvalue weighted by Crippen LogP contribution is -2.38. The molecule has 1 unspecified atom stereocenters. The molecule has 0 amide bonds. The number of rotatable bonds is 3. The van der Waals surface area contributed by atoms with Gasteiger partial charge in [-0.05, 0) is 36.6 Å². The van der Waals surface area contributed by atoms with Crippen LogP contribution in [0.4, 0.5) is 0 Å². The molecule has 1 aliphatic rings. The van der Waals surface area contributed by atoms with E-state index in [-0.39, 0.29) is 6.04 Å². The minimum Gasteiger partial charge on any atom is -0.264 e. The van der Waals surface area contributed by atoms with Crippen LogP contribution in [-0.2, 0) is 10.0 Å². The van der Waals surface area contributed by atoms with Gasteiger partial charge in [0.15, 0.2) is 0 Å². The number of fused-ring (bicyclic) bond motifs is 1. The second-order valence-corrected chi connectivity index (χ2v) is 8.13. The molecule has 3 aromatic rings. The van der Waals surface area contributed by atoms with E-state index in [1.165, 1.54) is 0 Å². The largest absolute Gasteiger partial charge is 0.264 e. The van der Waals surface area contributed by atoms with E-state index in [1.807, 2.05) is 18.2 Å². The lowest BCUT2D eigenvalue weighted by atomic mass is 9.99. The van der Waals surface area contributed by atoms with Gasteiger partial charge in [0.05, 0.1) is 10.9 Å². The first-order valence-corrected chi connectivity index (χ1v) is 9.86. The predicted octanol–water partition coefficient (Wildman–Crippen LogP) is 3.55. The molecule has 1 fully saturated rings. The highest BCUT2D eigenvalue weighted by atomic mass is 32.2. The maximum atomic E-state index is 13.5. The van der Waals surface area contributed by atoms with Gasteiger partial charge in [0.25, 0.3) is 0 Å². The first-order valence-electron chi connectivity index (χ1n) is 8.42. The van der Waals surface area contributed by atoms with Gasteiger partial charge >= 0.3 is 0 Å². The third-order valence-corrected chi connectivity index (χ3v) is 6.72. The fourth-order valence-electron chi connectivity index (χ4n) is 3.54. The number of benzene rings is 1. The summed E-state index contributed by atoms with van der Waals surface area (Å²) in [5, 5.41) is 1.55. The van der Waals surface area contributed by atoms with Crippen LogP contribution in [0.1, 0.15) is 30.9 Å². The van der Waals surface area contributed by atoms with E-state index < -0.39 is 10.0 Å². The zero-order chi connectivity index (χ0) is 17.3. The number of sulfonamides is 1. The van der Waals surface area contributed by atoms with Crippen LogP contribution in [0.25, 0.3) is 10.8 Å². The van der Waals surface area contributed by atoms with Crippen molar-refractivity contribution in [2.75, 3.05) is 6.54 Å². The fraction of sp³-hybridized carbons (Fsp3) is 0.263. The maximum absolute atomic E-state index is 13.5. The number of nitrogens with zero attached hydrogens (tertiary/aromatic N) is 3. The van der Waals surface area contributed by atoms with Crippen molar-refractivity contribution in [3.63, 3.8) is 0 Å². The number of piperidine rings is 1. The third-order valence-electron chi connectivity index (χ3n) is 4.75. The third kappa shape index (κ3) is 2.92. The summed E-state index contributed by atoms with van der Waals surface area (Å²) in [5.74, 6) is 0. The second kappa shape index (κ2) is 6.54. The topological polar surface area (TPSA) is 63.2 Å². The first-order chi connectivity index (χ1) is 12.2. The van der Waals surface area contributed by atoms with Crippen LogP contribution in [0, 0.1) is 0 Å². The van der Waals surface area contributed by atoms with Gasteiger partial charge in [-0.25, -0.2) is 8.42 Å². The molecular weight excluding hydrogens is 334 g/mol. The molecule has 1 saturated heterocycles. The molecule has 0 bridgehead atoms. The minimum absolute atomic E-state index is 0.162. The number of pyridine rings is 2. The number of hydrogen-bond acceptors (Lipinski definition) is 4. The molecule has 6 heteroatoms. The SMILES string of the molecule is O=S(=O)(c1cccc2cnccc12)N1CCCCC1c1cccnc1. The van der Waals surface area contributed by atoms with Gasteiger partial charge in [0, 0.05) is 42.1 Å². The van der Waals surface area contributed by atoms with E-state index in [4.69, 9.17) is 0 Å². The Morgan fingerprint density at radius 1 is 0.960 bits per heavy atom. The Kier molecular flexibility index (Phi) is 4.23. The molecule has 0 aliphatic carbocycles. The molecule has 2 aromatic heterocycles. The second-order valence-electron chi connectivity index (χ2n) is 6.27. The van der Waals surface area contributed by atoms with Crippen molar-refractivity contribution < 1.29 is 8.42 Å². The monoisotopic (exact) mass is 353 g/mol. The molecule has 0 spiro atoms. The predicted molar refractivity (Wildman–Crippen MR) is 96.5 cm³/mol. The molecule has 4 rings (SSSR count). The highest BCUT2D eigenvalue weighted by Gasteiger charge is 2.35. The van der Waals surface area contributed by atoms with Crippen LogP contribution < -0.4 is 0 Å². The average Bonchev–Trinajstić information content (AvgIpc) is 2.68. The zero-order valence-corrected chi connectivity index (χ0v) is 14.6. The highest BCUT2D eigenvalue weighted by molar-refractivity contribution is 7.89. The lowest BCUT2D eigenvalue weighted by Gasteiger charge is -2.35. The summed E-state index contributed by atoms with van der Waals surface area (Å²) in [4.78, 5) is 8.61. The van der Waals surface area contributed by atoms with E-state index in [9.17, 15) is 8.42 Å². The molecule has 5 nitrogen and oxygen atoms in total. The van der Waals surface area contributed by atoms with Gasteiger partial charge < -0.3 is 0 Å². The summed E-state index contributed by atoms with van der Waals surface area (Å²) in [6.45, 7) is 0.531. The molecule has 25 heavy (non-hydrogen) atoms. The van der Waals surface area contributed by atoms with E-state index in [1.54, 1.807) is 47.3 Å². The summed E-state index contributed by atoms with van der Waals surface area (Å²) in [6, 6.07) is 10.8. The van der Waals surface area contributed by atoms with Gasteiger partial charge in [-0.3, -0.25) is 9.97 Å². The van der Waals surface area contributed by atoms with Crippen molar-refractivity contribution in [3.05, 3.63) is 66.7 Å². The van der Waals surface area contributed by atoms with Crippen LogP contribution in [0.5, 0.6) is 0 Å². The Bertz CT molecular complexity index is 984. The van der Waals surface area contributed by atoms with Gasteiger partial charge in [-0.2, -0.15) is 4.31 Å². The van der Waals surface area contributed by atoms with Crippen LogP contribution in [0.15, 0.2) is 66.1 Å². The molecule has 0 saturated carbocycles. The van der Waals surface area contributed by atoms with Gasteiger partial charge in [-0.1, -0.05) is 24.6 Å². The van der Waals surface area contributed by atoms with Crippen LogP contribution in [0.2, 0.25) is 0 Å². The van der Waals surface area contributed by atoms with Gasteiger partial charge in [0.2, 0.25) is 10.0 Å². The summed E-state index contributed by atoms with van der Waals surface area (Å²) in [5.41, 5.74) is 0.952. The Morgan fingerprint density at radius 2 is 1.84 bits per heavy atom. The summed E-state index contributed by atoms with van der Waals surface area (Å²) < 4.78 is 28.6. The van der Waals surface area contributed by atoms with Crippen molar-refractivity contribution >= 4 is 20.8 Å². The summed E-state index contributed by atoms with van der Waals surface area (Å²) >= 11 is 0. The first kappa shape index (κ1) is 16.2. The van der Waals surface area contributed by atoms with Crippen molar-refractivity contribution in [2.45, 2.75) is 30.2 Å². The molecule has 1 aliphatic heterocycles. The van der Waals surface area contributed by atoms with Crippen LogP contribution in [-0.4, -0.2) is 29.2 Å². The Balaban J connectivity index is 1.82. The Hall–Kier alpha value is -2.31. The van der Waals surface area contributed by atoms with Crippen molar-refractivity contribution in [2.24, 2.45) is 0 Å². The van der Waals surface area contributed by atoms with Crippen molar-refractivity contribution in [1.82, 2.24) is 14.3 Å². The fourth-order valence-corrected chi connectivity index (χ4v) is 5.44. The minimum atomic E-state index is -3.61. The molecule has 3 heterocycles. The van der Waals surface area contributed by atoms with Gasteiger partial charge in [0.1, 0.15) is 0 Å². The molecule has 0 radical (unpaired) electrons.